The van der Waals surface area contributed by atoms with Crippen molar-refractivity contribution in [3.05, 3.63) is 59.4 Å². The highest BCUT2D eigenvalue weighted by molar-refractivity contribution is 5.33. The van der Waals surface area contributed by atoms with Crippen molar-refractivity contribution in [2.75, 3.05) is 6.54 Å². The molecule has 0 unspecified atom stereocenters. The lowest BCUT2D eigenvalue weighted by molar-refractivity contribution is 0.297. The molecule has 18 heavy (non-hydrogen) atoms. The number of hydrogen-bond acceptors (Lipinski definition) is 3. The van der Waals surface area contributed by atoms with Gasteiger partial charge < -0.3 is 10.5 Å². The molecule has 0 saturated heterocycles. The first kappa shape index (κ1) is 12.6. The number of aromatic nitrogens is 1. The summed E-state index contributed by atoms with van der Waals surface area (Å²) in [5, 5.41) is 0. The number of para-hydroxylation sites is 1. The molecule has 0 fully saturated rings. The molecular formula is C15H18N2O. The molecule has 1 heterocycles. The van der Waals surface area contributed by atoms with Crippen molar-refractivity contribution in [3.8, 4) is 5.75 Å². The van der Waals surface area contributed by atoms with Crippen LogP contribution >= 0.6 is 0 Å². The van der Waals surface area contributed by atoms with Crippen LogP contribution in [0.5, 0.6) is 5.75 Å². The van der Waals surface area contributed by atoms with E-state index in [1.165, 1.54) is 0 Å². The molecule has 2 aromatic rings. The molecule has 0 atom stereocenters. The number of pyridine rings is 1. The highest BCUT2D eigenvalue weighted by atomic mass is 16.5. The second kappa shape index (κ2) is 6.17. The third kappa shape index (κ3) is 3.08. The van der Waals surface area contributed by atoms with Gasteiger partial charge in [0.1, 0.15) is 12.4 Å². The average Bonchev–Trinajstić information content (AvgIpc) is 2.40. The van der Waals surface area contributed by atoms with Gasteiger partial charge in [0.15, 0.2) is 0 Å². The molecule has 0 amide bonds. The maximum Gasteiger partial charge on any atom is 0.130 e. The van der Waals surface area contributed by atoms with E-state index in [4.69, 9.17) is 10.5 Å². The van der Waals surface area contributed by atoms with Crippen molar-refractivity contribution < 1.29 is 4.74 Å². The Bertz CT molecular complexity index is 511. The Balaban J connectivity index is 2.08. The van der Waals surface area contributed by atoms with Gasteiger partial charge in [0.05, 0.1) is 5.69 Å². The van der Waals surface area contributed by atoms with Crippen molar-refractivity contribution in [3.63, 3.8) is 0 Å². The topological polar surface area (TPSA) is 48.1 Å². The zero-order valence-corrected chi connectivity index (χ0v) is 10.6. The molecule has 0 saturated carbocycles. The minimum Gasteiger partial charge on any atom is -0.487 e. The normalized spacial score (nSPS) is 10.3. The van der Waals surface area contributed by atoms with Crippen LogP contribution in [0.2, 0.25) is 0 Å². The Labute approximate surface area is 108 Å². The van der Waals surface area contributed by atoms with Crippen LogP contribution in [0.25, 0.3) is 0 Å². The monoisotopic (exact) mass is 242 g/mol. The van der Waals surface area contributed by atoms with Gasteiger partial charge in [-0.2, -0.15) is 0 Å². The molecule has 1 aromatic carbocycles. The van der Waals surface area contributed by atoms with Gasteiger partial charge in [-0.1, -0.05) is 24.3 Å². The molecule has 0 spiro atoms. The number of ether oxygens (including phenoxy) is 1. The summed E-state index contributed by atoms with van der Waals surface area (Å²) in [7, 11) is 0. The third-order valence-corrected chi connectivity index (χ3v) is 2.87. The number of nitrogens with two attached hydrogens (primary N) is 1. The van der Waals surface area contributed by atoms with Crippen molar-refractivity contribution in [1.29, 1.82) is 0 Å². The zero-order valence-electron chi connectivity index (χ0n) is 10.6. The first-order chi connectivity index (χ1) is 8.81. The minimum absolute atomic E-state index is 0.494. The van der Waals surface area contributed by atoms with E-state index in [1.807, 2.05) is 43.3 Å². The summed E-state index contributed by atoms with van der Waals surface area (Å²) in [6, 6.07) is 12.0. The molecule has 0 aliphatic heterocycles. The summed E-state index contributed by atoms with van der Waals surface area (Å²) in [6.07, 6.45) is 2.62. The summed E-state index contributed by atoms with van der Waals surface area (Å²) < 4.78 is 5.84. The molecule has 3 nitrogen and oxygen atoms in total. The lowest BCUT2D eigenvalue weighted by Crippen LogP contribution is -2.06. The van der Waals surface area contributed by atoms with Gasteiger partial charge in [0.25, 0.3) is 0 Å². The average molecular weight is 242 g/mol. The van der Waals surface area contributed by atoms with E-state index in [9.17, 15) is 0 Å². The summed E-state index contributed by atoms with van der Waals surface area (Å²) in [4.78, 5) is 4.32. The quantitative estimate of drug-likeness (QED) is 0.876. The molecular weight excluding hydrogens is 224 g/mol. The largest absolute Gasteiger partial charge is 0.487 e. The second-order valence-corrected chi connectivity index (χ2v) is 4.20. The van der Waals surface area contributed by atoms with Crippen molar-refractivity contribution in [1.82, 2.24) is 4.98 Å². The smallest absolute Gasteiger partial charge is 0.130 e. The number of aryl methyl sites for hydroxylation is 1. The van der Waals surface area contributed by atoms with Gasteiger partial charge in [0.2, 0.25) is 0 Å². The Morgan fingerprint density at radius 3 is 2.78 bits per heavy atom. The van der Waals surface area contributed by atoms with Gasteiger partial charge >= 0.3 is 0 Å². The maximum absolute atomic E-state index is 5.84. The number of rotatable bonds is 5. The molecule has 94 valence electrons. The number of nitrogens with zero attached hydrogens (tertiary/aromatic N) is 1. The van der Waals surface area contributed by atoms with Gasteiger partial charge in [-0.05, 0) is 43.1 Å². The van der Waals surface area contributed by atoms with Crippen molar-refractivity contribution in [2.45, 2.75) is 20.0 Å². The van der Waals surface area contributed by atoms with Crippen LogP contribution in [-0.2, 0) is 13.0 Å². The standard InChI is InChI=1S/C15H18N2O/c1-12-5-4-10-17-14(12)11-18-15-7-3-2-6-13(15)8-9-16/h2-7,10H,8-9,11,16H2,1H3. The van der Waals surface area contributed by atoms with Gasteiger partial charge in [-0.15, -0.1) is 0 Å². The van der Waals surface area contributed by atoms with Gasteiger partial charge in [0, 0.05) is 6.20 Å². The van der Waals surface area contributed by atoms with Gasteiger partial charge in [-0.3, -0.25) is 4.98 Å². The molecule has 0 radical (unpaired) electrons. The predicted molar refractivity (Wildman–Crippen MR) is 72.5 cm³/mol. The van der Waals surface area contributed by atoms with Crippen LogP contribution in [0.1, 0.15) is 16.8 Å². The Kier molecular flexibility index (Phi) is 4.31. The van der Waals surface area contributed by atoms with E-state index in [1.54, 1.807) is 6.20 Å². The Morgan fingerprint density at radius 2 is 2.00 bits per heavy atom. The van der Waals surface area contributed by atoms with E-state index in [0.717, 1.165) is 29.0 Å². The highest BCUT2D eigenvalue weighted by Crippen LogP contribution is 2.19. The summed E-state index contributed by atoms with van der Waals surface area (Å²) in [5.74, 6) is 0.896. The lowest BCUT2D eigenvalue weighted by atomic mass is 10.1. The minimum atomic E-state index is 0.494. The number of hydrogen-bond donors (Lipinski definition) is 1. The fraction of sp³-hybridized carbons (Fsp3) is 0.267. The van der Waals surface area contributed by atoms with E-state index < -0.39 is 0 Å². The van der Waals surface area contributed by atoms with Crippen molar-refractivity contribution in [2.24, 2.45) is 5.73 Å². The molecule has 0 aliphatic carbocycles. The van der Waals surface area contributed by atoms with Crippen LogP contribution in [-0.4, -0.2) is 11.5 Å². The molecule has 2 N–H and O–H groups in total. The second-order valence-electron chi connectivity index (χ2n) is 4.20. The summed E-state index contributed by atoms with van der Waals surface area (Å²) >= 11 is 0. The molecule has 0 aliphatic rings. The zero-order chi connectivity index (χ0) is 12.8. The van der Waals surface area contributed by atoms with Crippen LogP contribution in [0.15, 0.2) is 42.6 Å². The van der Waals surface area contributed by atoms with Crippen LogP contribution in [0, 0.1) is 6.92 Å². The lowest BCUT2D eigenvalue weighted by Gasteiger charge is -2.11. The first-order valence-electron chi connectivity index (χ1n) is 6.12. The van der Waals surface area contributed by atoms with Crippen molar-refractivity contribution >= 4 is 0 Å². The Morgan fingerprint density at radius 1 is 1.17 bits per heavy atom. The van der Waals surface area contributed by atoms with Crippen LogP contribution in [0.3, 0.4) is 0 Å². The van der Waals surface area contributed by atoms with Crippen LogP contribution in [0.4, 0.5) is 0 Å². The molecule has 1 aromatic heterocycles. The van der Waals surface area contributed by atoms with Gasteiger partial charge in [-0.25, -0.2) is 0 Å². The molecule has 2 rings (SSSR count). The fourth-order valence-corrected chi connectivity index (χ4v) is 1.82. The number of benzene rings is 1. The Hall–Kier alpha value is -1.87. The van der Waals surface area contributed by atoms with Crippen LogP contribution < -0.4 is 10.5 Å². The van der Waals surface area contributed by atoms with E-state index in [2.05, 4.69) is 4.98 Å². The third-order valence-electron chi connectivity index (χ3n) is 2.87. The highest BCUT2D eigenvalue weighted by Gasteiger charge is 2.04. The molecule has 3 heteroatoms. The predicted octanol–water partition coefficient (Wildman–Crippen LogP) is 2.47. The fourth-order valence-electron chi connectivity index (χ4n) is 1.82. The molecule has 0 bridgehead atoms. The van der Waals surface area contributed by atoms with E-state index in [0.29, 0.717) is 13.2 Å². The summed E-state index contributed by atoms with van der Waals surface area (Å²) in [5.41, 5.74) is 8.86. The SMILES string of the molecule is Cc1cccnc1COc1ccccc1CCN. The maximum atomic E-state index is 5.84. The summed E-state index contributed by atoms with van der Waals surface area (Å²) in [6.45, 7) is 3.16. The first-order valence-corrected chi connectivity index (χ1v) is 6.12. The van der Waals surface area contributed by atoms with E-state index >= 15 is 0 Å². The van der Waals surface area contributed by atoms with E-state index in [-0.39, 0.29) is 0 Å².